The second kappa shape index (κ2) is 5.96. The Morgan fingerprint density at radius 2 is 2.25 bits per heavy atom. The number of nitrogens with one attached hydrogen (secondary N) is 2. The first-order chi connectivity index (χ1) is 7.83. The molecule has 2 aliphatic rings. The second-order valence-electron chi connectivity index (χ2n) is 5.01. The molecule has 4 heteroatoms. The third-order valence-electron chi connectivity index (χ3n) is 3.90. The van der Waals surface area contributed by atoms with E-state index < -0.39 is 0 Å². The van der Waals surface area contributed by atoms with Gasteiger partial charge in [0.25, 0.3) is 0 Å². The van der Waals surface area contributed by atoms with Crippen molar-refractivity contribution in [2.45, 2.75) is 37.5 Å². The van der Waals surface area contributed by atoms with Crippen molar-refractivity contribution in [1.82, 2.24) is 10.6 Å². The van der Waals surface area contributed by atoms with E-state index in [4.69, 9.17) is 9.47 Å². The van der Waals surface area contributed by atoms with Gasteiger partial charge in [0.1, 0.15) is 0 Å². The van der Waals surface area contributed by atoms with Gasteiger partial charge >= 0.3 is 0 Å². The molecule has 0 amide bonds. The molecule has 0 aromatic carbocycles. The molecule has 4 atom stereocenters. The summed E-state index contributed by atoms with van der Waals surface area (Å²) in [5, 5.41) is 7.16. The van der Waals surface area contributed by atoms with Crippen molar-refractivity contribution in [1.29, 1.82) is 0 Å². The largest absolute Gasteiger partial charge is 0.382 e. The monoisotopic (exact) mass is 228 g/mol. The maximum absolute atomic E-state index is 5.31. The maximum atomic E-state index is 5.31. The fraction of sp³-hybridized carbons (Fsp3) is 1.00. The fourth-order valence-corrected chi connectivity index (χ4v) is 2.99. The highest BCUT2D eigenvalue weighted by atomic mass is 16.5. The van der Waals surface area contributed by atoms with Gasteiger partial charge in [0.05, 0.1) is 12.7 Å². The van der Waals surface area contributed by atoms with Crippen LogP contribution in [0.4, 0.5) is 0 Å². The summed E-state index contributed by atoms with van der Waals surface area (Å²) >= 11 is 0. The zero-order valence-electron chi connectivity index (χ0n) is 10.4. The van der Waals surface area contributed by atoms with Crippen molar-refractivity contribution < 1.29 is 9.47 Å². The Kier molecular flexibility index (Phi) is 4.58. The molecule has 2 saturated heterocycles. The van der Waals surface area contributed by atoms with Crippen LogP contribution in [0.5, 0.6) is 0 Å². The van der Waals surface area contributed by atoms with Crippen LogP contribution >= 0.6 is 0 Å². The van der Waals surface area contributed by atoms with E-state index in [-0.39, 0.29) is 6.10 Å². The molecule has 4 nitrogen and oxygen atoms in total. The first-order valence-electron chi connectivity index (χ1n) is 6.32. The molecule has 2 heterocycles. The quantitative estimate of drug-likeness (QED) is 0.661. The van der Waals surface area contributed by atoms with Crippen LogP contribution in [0.25, 0.3) is 0 Å². The van der Waals surface area contributed by atoms with Crippen molar-refractivity contribution in [3.05, 3.63) is 0 Å². The molecule has 2 rings (SSSR count). The van der Waals surface area contributed by atoms with Gasteiger partial charge in [-0.2, -0.15) is 0 Å². The lowest BCUT2D eigenvalue weighted by Crippen LogP contribution is -2.37. The minimum Gasteiger partial charge on any atom is -0.382 e. The molecular weight excluding hydrogens is 204 g/mol. The number of hydrogen-bond donors (Lipinski definition) is 2. The number of methoxy groups -OCH3 is 2. The summed E-state index contributed by atoms with van der Waals surface area (Å²) in [5.41, 5.74) is 0. The van der Waals surface area contributed by atoms with Gasteiger partial charge in [0.15, 0.2) is 0 Å². The topological polar surface area (TPSA) is 42.5 Å². The van der Waals surface area contributed by atoms with Gasteiger partial charge in [-0.25, -0.2) is 0 Å². The van der Waals surface area contributed by atoms with E-state index in [0.717, 1.165) is 31.1 Å². The van der Waals surface area contributed by atoms with Crippen LogP contribution in [0, 0.1) is 5.92 Å². The smallest absolute Gasteiger partial charge is 0.0928 e. The zero-order chi connectivity index (χ0) is 11.4. The van der Waals surface area contributed by atoms with Crippen LogP contribution in [0.1, 0.15) is 19.3 Å². The molecule has 2 N–H and O–H groups in total. The molecule has 0 aromatic heterocycles. The summed E-state index contributed by atoms with van der Waals surface area (Å²) in [5.74, 6) is 0.818. The highest BCUT2D eigenvalue weighted by Crippen LogP contribution is 2.32. The van der Waals surface area contributed by atoms with Crippen molar-refractivity contribution in [3.8, 4) is 0 Å². The summed E-state index contributed by atoms with van der Waals surface area (Å²) in [6, 6.07) is 1.56. The highest BCUT2D eigenvalue weighted by Gasteiger charge is 2.38. The predicted molar refractivity (Wildman–Crippen MR) is 63.6 cm³/mol. The van der Waals surface area contributed by atoms with Crippen molar-refractivity contribution in [3.63, 3.8) is 0 Å². The Hall–Kier alpha value is -0.160. The van der Waals surface area contributed by atoms with Crippen LogP contribution in [0.15, 0.2) is 0 Å². The highest BCUT2D eigenvalue weighted by molar-refractivity contribution is 4.97. The molecule has 16 heavy (non-hydrogen) atoms. The van der Waals surface area contributed by atoms with E-state index in [1.165, 1.54) is 19.3 Å². The van der Waals surface area contributed by atoms with E-state index in [2.05, 4.69) is 10.6 Å². The van der Waals surface area contributed by atoms with Gasteiger partial charge in [-0.1, -0.05) is 0 Å². The molecule has 94 valence electrons. The Labute approximate surface area is 98.1 Å². The second-order valence-corrected chi connectivity index (χ2v) is 5.01. The first-order valence-corrected chi connectivity index (χ1v) is 6.32. The molecular formula is C12H24N2O2. The fourth-order valence-electron chi connectivity index (χ4n) is 2.99. The Balaban J connectivity index is 1.60. The lowest BCUT2D eigenvalue weighted by Gasteiger charge is -2.22. The first kappa shape index (κ1) is 12.3. The number of ether oxygens (including phenoxy) is 2. The van der Waals surface area contributed by atoms with Crippen molar-refractivity contribution in [2.24, 2.45) is 5.92 Å². The molecule has 0 aliphatic carbocycles. The average Bonchev–Trinajstić information content (AvgIpc) is 2.89. The normalized spacial score (nSPS) is 34.5. The molecule has 4 unspecified atom stereocenters. The molecule has 0 saturated carbocycles. The standard InChI is InChI=1S/C12H24N2O2/c1-15-8-11(16-2)7-13-6-9-5-10-3-4-12(9)14-10/h9-14H,3-8H2,1-2H3. The third-order valence-corrected chi connectivity index (χ3v) is 3.90. The van der Waals surface area contributed by atoms with Crippen LogP contribution < -0.4 is 10.6 Å². The van der Waals surface area contributed by atoms with E-state index in [0.29, 0.717) is 6.61 Å². The zero-order valence-corrected chi connectivity index (χ0v) is 10.4. The Morgan fingerprint density at radius 3 is 2.81 bits per heavy atom. The summed E-state index contributed by atoms with van der Waals surface area (Å²) in [6.07, 6.45) is 4.27. The molecule has 0 radical (unpaired) electrons. The summed E-state index contributed by atoms with van der Waals surface area (Å²) in [6.45, 7) is 2.66. The van der Waals surface area contributed by atoms with Crippen LogP contribution in [0.3, 0.4) is 0 Å². The van der Waals surface area contributed by atoms with E-state index in [9.17, 15) is 0 Å². The van der Waals surface area contributed by atoms with E-state index in [1.807, 2.05) is 0 Å². The lowest BCUT2D eigenvalue weighted by atomic mass is 9.89. The summed E-state index contributed by atoms with van der Waals surface area (Å²) < 4.78 is 10.4. The van der Waals surface area contributed by atoms with Crippen LogP contribution in [-0.2, 0) is 9.47 Å². The number of hydrogen-bond acceptors (Lipinski definition) is 4. The Bertz CT molecular complexity index is 213. The van der Waals surface area contributed by atoms with Crippen LogP contribution in [0.2, 0.25) is 0 Å². The minimum absolute atomic E-state index is 0.177. The van der Waals surface area contributed by atoms with Gasteiger partial charge in [-0.05, 0) is 31.7 Å². The van der Waals surface area contributed by atoms with E-state index in [1.54, 1.807) is 14.2 Å². The van der Waals surface area contributed by atoms with Crippen LogP contribution in [-0.4, -0.2) is 52.1 Å². The third kappa shape index (κ3) is 2.94. The molecule has 2 bridgehead atoms. The van der Waals surface area contributed by atoms with Crippen molar-refractivity contribution >= 4 is 0 Å². The number of rotatable bonds is 7. The van der Waals surface area contributed by atoms with Gasteiger partial charge in [0.2, 0.25) is 0 Å². The SMILES string of the molecule is COCC(CNCC1CC2CCC1N2)OC. The van der Waals surface area contributed by atoms with Gasteiger partial charge in [-0.15, -0.1) is 0 Å². The van der Waals surface area contributed by atoms with Gasteiger partial charge in [-0.3, -0.25) is 0 Å². The van der Waals surface area contributed by atoms with Gasteiger partial charge in [0, 0.05) is 32.8 Å². The van der Waals surface area contributed by atoms with Crippen molar-refractivity contribution in [2.75, 3.05) is 33.9 Å². The molecule has 2 fully saturated rings. The lowest BCUT2D eigenvalue weighted by molar-refractivity contribution is 0.0283. The Morgan fingerprint density at radius 1 is 1.38 bits per heavy atom. The summed E-state index contributed by atoms with van der Waals surface area (Å²) in [7, 11) is 3.45. The van der Waals surface area contributed by atoms with E-state index >= 15 is 0 Å². The summed E-state index contributed by atoms with van der Waals surface area (Å²) in [4.78, 5) is 0. The average molecular weight is 228 g/mol. The molecule has 0 aromatic rings. The predicted octanol–water partition coefficient (Wildman–Crippen LogP) is 0.378. The van der Waals surface area contributed by atoms with Gasteiger partial charge < -0.3 is 20.1 Å². The molecule has 2 aliphatic heterocycles. The molecule has 0 spiro atoms. The minimum atomic E-state index is 0.177. The number of fused-ring (bicyclic) bond motifs is 2. The maximum Gasteiger partial charge on any atom is 0.0928 e.